The molecule has 0 aromatic heterocycles. The minimum atomic E-state index is -0.740. The second-order valence-corrected chi connectivity index (χ2v) is 6.32. The van der Waals surface area contributed by atoms with Gasteiger partial charge in [0.2, 0.25) is 0 Å². The Morgan fingerprint density at radius 2 is 1.91 bits per heavy atom. The molecule has 0 unspecified atom stereocenters. The molecule has 1 aliphatic rings. The Kier molecular flexibility index (Phi) is 4.34. The van der Waals surface area contributed by atoms with Crippen LogP contribution in [0, 0.1) is 0 Å². The van der Waals surface area contributed by atoms with Gasteiger partial charge in [-0.3, -0.25) is 4.79 Å². The third-order valence-electron chi connectivity index (χ3n) is 3.68. The molecule has 23 heavy (non-hydrogen) atoms. The zero-order chi connectivity index (χ0) is 16.4. The quantitative estimate of drug-likeness (QED) is 0.856. The Hall–Kier alpha value is -2.34. The van der Waals surface area contributed by atoms with Gasteiger partial charge in [-0.2, -0.15) is 0 Å². The van der Waals surface area contributed by atoms with Crippen LogP contribution < -0.4 is 11.1 Å². The number of halogens is 1. The predicted octanol–water partition coefficient (Wildman–Crippen LogP) is 3.65. The molecule has 2 amide bonds. The van der Waals surface area contributed by atoms with Gasteiger partial charge in [0.25, 0.3) is 5.91 Å². The van der Waals surface area contributed by atoms with Gasteiger partial charge in [-0.25, -0.2) is 4.79 Å². The maximum atomic E-state index is 12.2. The maximum Gasteiger partial charge on any atom is 0.404 e. The fourth-order valence-corrected chi connectivity index (χ4v) is 2.85. The van der Waals surface area contributed by atoms with E-state index in [9.17, 15) is 9.59 Å². The molecule has 0 radical (unpaired) electrons. The minimum absolute atomic E-state index is 0.130. The van der Waals surface area contributed by atoms with Crippen molar-refractivity contribution in [3.05, 3.63) is 64.1 Å². The van der Waals surface area contributed by atoms with Gasteiger partial charge in [0.1, 0.15) is 6.10 Å². The molecule has 2 atom stereocenters. The highest BCUT2D eigenvalue weighted by Crippen LogP contribution is 2.43. The van der Waals surface area contributed by atoms with Crippen molar-refractivity contribution in [1.82, 2.24) is 0 Å². The van der Waals surface area contributed by atoms with Gasteiger partial charge in [0, 0.05) is 21.6 Å². The normalized spacial score (nSPS) is 19.0. The third-order valence-corrected chi connectivity index (χ3v) is 4.18. The van der Waals surface area contributed by atoms with Crippen LogP contribution >= 0.6 is 15.9 Å². The first-order valence-electron chi connectivity index (χ1n) is 7.16. The molecule has 3 N–H and O–H groups in total. The van der Waals surface area contributed by atoms with Crippen molar-refractivity contribution < 1.29 is 14.3 Å². The molecule has 6 heteroatoms. The number of ether oxygens (including phenoxy) is 1. The number of carbonyl (C=O) groups excluding carboxylic acids is 2. The number of hydrogen-bond donors (Lipinski definition) is 2. The number of nitrogens with one attached hydrogen (secondary N) is 1. The summed E-state index contributed by atoms with van der Waals surface area (Å²) in [6.07, 6.45) is -0.0859. The Bertz CT molecular complexity index is 746. The lowest BCUT2D eigenvalue weighted by atomic mass is 10.1. The SMILES string of the molecule is NC(=O)O[C@@H]1C[C@H]1c1ccc(NC(=O)c2cccc(Br)c2)cc1. The van der Waals surface area contributed by atoms with Gasteiger partial charge in [-0.1, -0.05) is 34.1 Å². The molecule has 5 nitrogen and oxygen atoms in total. The maximum absolute atomic E-state index is 12.2. The topological polar surface area (TPSA) is 81.4 Å². The summed E-state index contributed by atoms with van der Waals surface area (Å²) < 4.78 is 5.81. The first-order chi connectivity index (χ1) is 11.0. The van der Waals surface area contributed by atoms with Crippen molar-refractivity contribution in [3.8, 4) is 0 Å². The highest BCUT2D eigenvalue weighted by Gasteiger charge is 2.41. The van der Waals surface area contributed by atoms with Crippen LogP contribution in [0.5, 0.6) is 0 Å². The Morgan fingerprint density at radius 3 is 2.57 bits per heavy atom. The fourth-order valence-electron chi connectivity index (χ4n) is 2.45. The second-order valence-electron chi connectivity index (χ2n) is 5.40. The number of carbonyl (C=O) groups is 2. The summed E-state index contributed by atoms with van der Waals surface area (Å²) in [4.78, 5) is 22.9. The van der Waals surface area contributed by atoms with E-state index < -0.39 is 6.09 Å². The van der Waals surface area contributed by atoms with Gasteiger partial charge in [-0.05, 0) is 42.3 Å². The molecular formula is C17H15BrN2O3. The number of anilines is 1. The summed E-state index contributed by atoms with van der Waals surface area (Å²) in [6, 6.07) is 14.7. The van der Waals surface area contributed by atoms with Crippen LogP contribution in [0.1, 0.15) is 28.3 Å². The van der Waals surface area contributed by atoms with Crippen LogP contribution in [0.25, 0.3) is 0 Å². The minimum Gasteiger partial charge on any atom is -0.446 e. The van der Waals surface area contributed by atoms with Crippen LogP contribution in [0.15, 0.2) is 53.0 Å². The summed E-state index contributed by atoms with van der Waals surface area (Å²) in [5.41, 5.74) is 7.37. The second kappa shape index (κ2) is 6.42. The average Bonchev–Trinajstić information content (AvgIpc) is 3.26. The largest absolute Gasteiger partial charge is 0.446 e. The molecule has 0 aliphatic heterocycles. The number of hydrogen-bond acceptors (Lipinski definition) is 3. The standard InChI is InChI=1S/C17H15BrN2O3/c18-12-3-1-2-11(8-12)16(21)20-13-6-4-10(5-7-13)14-9-15(14)23-17(19)22/h1-8,14-15H,9H2,(H2,19,22)(H,20,21)/t14-,15+/m0/s1. The summed E-state index contributed by atoms with van der Waals surface area (Å²) in [5.74, 6) is 0.0257. The van der Waals surface area contributed by atoms with Crippen molar-refractivity contribution in [2.45, 2.75) is 18.4 Å². The van der Waals surface area contributed by atoms with Crippen molar-refractivity contribution in [2.24, 2.45) is 5.73 Å². The molecule has 0 saturated heterocycles. The van der Waals surface area contributed by atoms with Gasteiger partial charge >= 0.3 is 6.09 Å². The number of nitrogens with two attached hydrogens (primary N) is 1. The van der Waals surface area contributed by atoms with E-state index in [4.69, 9.17) is 10.5 Å². The first-order valence-corrected chi connectivity index (χ1v) is 7.95. The monoisotopic (exact) mass is 374 g/mol. The number of benzene rings is 2. The van der Waals surface area contributed by atoms with Gasteiger partial charge in [0.05, 0.1) is 0 Å². The lowest BCUT2D eigenvalue weighted by Gasteiger charge is -2.07. The summed E-state index contributed by atoms with van der Waals surface area (Å²) >= 11 is 3.35. The smallest absolute Gasteiger partial charge is 0.404 e. The van der Waals surface area contributed by atoms with E-state index in [1.54, 1.807) is 12.1 Å². The van der Waals surface area contributed by atoms with E-state index in [1.165, 1.54) is 0 Å². The number of rotatable bonds is 4. The summed E-state index contributed by atoms with van der Waals surface area (Å²) in [5, 5.41) is 2.85. The average molecular weight is 375 g/mol. The molecule has 2 aromatic carbocycles. The number of amides is 2. The van der Waals surface area contributed by atoms with E-state index in [1.807, 2.05) is 36.4 Å². The molecule has 1 aliphatic carbocycles. The summed E-state index contributed by atoms with van der Waals surface area (Å²) in [7, 11) is 0. The molecule has 0 bridgehead atoms. The highest BCUT2D eigenvalue weighted by atomic mass is 79.9. The van der Waals surface area contributed by atoms with Crippen molar-refractivity contribution in [2.75, 3.05) is 5.32 Å². The van der Waals surface area contributed by atoms with Crippen molar-refractivity contribution >= 4 is 33.6 Å². The lowest BCUT2D eigenvalue weighted by Crippen LogP contribution is -2.15. The van der Waals surface area contributed by atoms with Crippen LogP contribution in [0.2, 0.25) is 0 Å². The molecule has 118 valence electrons. The van der Waals surface area contributed by atoms with E-state index >= 15 is 0 Å². The zero-order valence-electron chi connectivity index (χ0n) is 12.2. The van der Waals surface area contributed by atoms with Gasteiger partial charge < -0.3 is 15.8 Å². The molecule has 0 spiro atoms. The molecule has 3 rings (SSSR count). The van der Waals surface area contributed by atoms with Crippen LogP contribution in [0.4, 0.5) is 10.5 Å². The summed E-state index contributed by atoms with van der Waals surface area (Å²) in [6.45, 7) is 0. The zero-order valence-corrected chi connectivity index (χ0v) is 13.7. The number of primary amides is 1. The van der Waals surface area contributed by atoms with Gasteiger partial charge in [0.15, 0.2) is 0 Å². The molecule has 0 heterocycles. The van der Waals surface area contributed by atoms with E-state index in [0.29, 0.717) is 11.3 Å². The van der Waals surface area contributed by atoms with Gasteiger partial charge in [-0.15, -0.1) is 0 Å². The Morgan fingerprint density at radius 1 is 1.17 bits per heavy atom. The highest BCUT2D eigenvalue weighted by molar-refractivity contribution is 9.10. The fraction of sp³-hybridized carbons (Fsp3) is 0.176. The van der Waals surface area contributed by atoms with Crippen LogP contribution in [-0.4, -0.2) is 18.1 Å². The van der Waals surface area contributed by atoms with Crippen molar-refractivity contribution in [3.63, 3.8) is 0 Å². The first kappa shape index (κ1) is 15.6. The molecule has 1 saturated carbocycles. The molecule has 1 fully saturated rings. The lowest BCUT2D eigenvalue weighted by molar-refractivity contribution is 0.102. The van der Waals surface area contributed by atoms with E-state index in [0.717, 1.165) is 16.5 Å². The Balaban J connectivity index is 1.62. The van der Waals surface area contributed by atoms with Crippen molar-refractivity contribution in [1.29, 1.82) is 0 Å². The van der Waals surface area contributed by atoms with Crippen LogP contribution in [-0.2, 0) is 4.74 Å². The Labute approximate surface area is 142 Å². The third kappa shape index (κ3) is 3.90. The molecule has 2 aromatic rings. The van der Waals surface area contributed by atoms with E-state index in [-0.39, 0.29) is 17.9 Å². The molecular weight excluding hydrogens is 360 g/mol. The van der Waals surface area contributed by atoms with E-state index in [2.05, 4.69) is 21.2 Å². The van der Waals surface area contributed by atoms with Crippen LogP contribution in [0.3, 0.4) is 0 Å². The predicted molar refractivity (Wildman–Crippen MR) is 90.4 cm³/mol.